The molecule has 7 nitrogen and oxygen atoms in total. The Morgan fingerprint density at radius 2 is 1.68 bits per heavy atom. The Bertz CT molecular complexity index is 1400. The Hall–Kier alpha value is -2.96. The summed E-state index contributed by atoms with van der Waals surface area (Å²) < 4.78 is 30.3. The molecule has 2 aliphatic rings. The fourth-order valence-corrected chi connectivity index (χ4v) is 7.50. The monoisotopic (exact) mass is 619 g/mol. The first-order valence-corrected chi connectivity index (χ1v) is 17.7. The van der Waals surface area contributed by atoms with Gasteiger partial charge in [0.25, 0.3) is 0 Å². The number of carbonyl (C=O) groups excluding carboxylic acids is 1. The molecule has 0 radical (unpaired) electrons. The molecule has 3 aromatic rings. The molecule has 0 spiro atoms. The molecule has 44 heavy (non-hydrogen) atoms. The smallest absolute Gasteiger partial charge is 0.447 e. The number of ether oxygens (including phenoxy) is 1. The minimum Gasteiger partial charge on any atom is -0.447 e. The van der Waals surface area contributed by atoms with Gasteiger partial charge in [-0.3, -0.25) is 9.05 Å². The normalized spacial score (nSPS) is 21.6. The summed E-state index contributed by atoms with van der Waals surface area (Å²) in [7, 11) is -4.52. The first-order chi connectivity index (χ1) is 21.4. The van der Waals surface area contributed by atoms with E-state index in [-0.39, 0.29) is 19.1 Å². The summed E-state index contributed by atoms with van der Waals surface area (Å²) in [5, 5.41) is 2.95. The number of aryl methyl sites for hydroxylation is 2. The van der Waals surface area contributed by atoms with Crippen LogP contribution in [0, 0.1) is 5.92 Å². The van der Waals surface area contributed by atoms with Crippen LogP contribution in [0.25, 0.3) is 0 Å². The van der Waals surface area contributed by atoms with Gasteiger partial charge in [0.1, 0.15) is 12.1 Å². The molecule has 2 N–H and O–H groups in total. The van der Waals surface area contributed by atoms with Crippen molar-refractivity contribution in [3.63, 3.8) is 0 Å². The molecule has 1 amide bonds. The molecule has 1 aliphatic carbocycles. The van der Waals surface area contributed by atoms with Crippen molar-refractivity contribution in [3.05, 3.63) is 107 Å². The number of rotatable bonds is 16. The van der Waals surface area contributed by atoms with E-state index in [1.165, 1.54) is 55.2 Å². The summed E-state index contributed by atoms with van der Waals surface area (Å²) in [6.45, 7) is 2.14. The SMILES string of the molecule is CCCCCCCCc1ccc2c(c1)CCC(C1(COP(=O)(O)OC(Cc3ccccc3)c3ccccc3)COC(=O)N1)C2. The van der Waals surface area contributed by atoms with Gasteiger partial charge in [0.05, 0.1) is 12.7 Å². The highest BCUT2D eigenvalue weighted by molar-refractivity contribution is 7.47. The maximum atomic E-state index is 13.4. The molecule has 236 valence electrons. The van der Waals surface area contributed by atoms with E-state index in [0.29, 0.717) is 6.42 Å². The minimum atomic E-state index is -4.52. The molecule has 4 atom stereocenters. The topological polar surface area (TPSA) is 94.1 Å². The number of hydrogen-bond acceptors (Lipinski definition) is 5. The van der Waals surface area contributed by atoms with Crippen LogP contribution in [0.1, 0.15) is 85.8 Å². The third-order valence-electron chi connectivity index (χ3n) is 9.09. The van der Waals surface area contributed by atoms with Crippen LogP contribution in [0.2, 0.25) is 0 Å². The van der Waals surface area contributed by atoms with Crippen molar-refractivity contribution in [1.82, 2.24) is 5.32 Å². The van der Waals surface area contributed by atoms with Gasteiger partial charge in [-0.05, 0) is 65.8 Å². The van der Waals surface area contributed by atoms with Gasteiger partial charge in [-0.1, -0.05) is 118 Å². The molecule has 5 rings (SSSR count). The number of unbranched alkanes of at least 4 members (excludes halogenated alkanes) is 5. The third-order valence-corrected chi connectivity index (χ3v) is 10.1. The lowest BCUT2D eigenvalue weighted by atomic mass is 9.73. The molecule has 1 heterocycles. The average Bonchev–Trinajstić information content (AvgIpc) is 3.43. The fourth-order valence-electron chi connectivity index (χ4n) is 6.53. The van der Waals surface area contributed by atoms with E-state index in [4.69, 9.17) is 13.8 Å². The van der Waals surface area contributed by atoms with E-state index in [1.54, 1.807) is 0 Å². The van der Waals surface area contributed by atoms with Gasteiger partial charge in [-0.15, -0.1) is 0 Å². The zero-order valence-electron chi connectivity index (χ0n) is 25.8. The summed E-state index contributed by atoms with van der Waals surface area (Å²) in [6.07, 6.45) is 10.4. The van der Waals surface area contributed by atoms with Crippen LogP contribution >= 0.6 is 7.82 Å². The Balaban J connectivity index is 1.23. The van der Waals surface area contributed by atoms with Crippen LogP contribution in [-0.2, 0) is 44.0 Å². The molecule has 1 fully saturated rings. The molecule has 0 saturated carbocycles. The molecular formula is C36H46NO6P. The van der Waals surface area contributed by atoms with Crippen molar-refractivity contribution in [2.75, 3.05) is 13.2 Å². The molecule has 8 heteroatoms. The van der Waals surface area contributed by atoms with Crippen LogP contribution in [-0.4, -0.2) is 29.7 Å². The van der Waals surface area contributed by atoms with Crippen LogP contribution in [0.15, 0.2) is 78.9 Å². The first kappa shape index (κ1) is 32.4. The van der Waals surface area contributed by atoms with Gasteiger partial charge in [0.2, 0.25) is 0 Å². The third kappa shape index (κ3) is 8.82. The lowest BCUT2D eigenvalue weighted by Gasteiger charge is -2.38. The number of carbonyl (C=O) groups is 1. The minimum absolute atomic E-state index is 0.0138. The zero-order valence-corrected chi connectivity index (χ0v) is 26.7. The van der Waals surface area contributed by atoms with E-state index >= 15 is 0 Å². The number of alkyl carbamates (subject to hydrolysis) is 1. The second-order valence-electron chi connectivity index (χ2n) is 12.4. The maximum absolute atomic E-state index is 13.4. The zero-order chi connectivity index (χ0) is 30.8. The molecular weight excluding hydrogens is 573 g/mol. The number of benzene rings is 3. The molecule has 3 aromatic carbocycles. The van der Waals surface area contributed by atoms with Crippen LogP contribution in [0.5, 0.6) is 0 Å². The Kier molecular flexibility index (Phi) is 11.3. The summed E-state index contributed by atoms with van der Waals surface area (Å²) in [5.74, 6) is -0.0138. The van der Waals surface area contributed by atoms with Gasteiger partial charge >= 0.3 is 13.9 Å². The molecule has 1 saturated heterocycles. The Labute approximate surface area is 261 Å². The Morgan fingerprint density at radius 3 is 2.41 bits per heavy atom. The van der Waals surface area contributed by atoms with Gasteiger partial charge in [0, 0.05) is 6.42 Å². The van der Waals surface area contributed by atoms with Crippen molar-refractivity contribution in [1.29, 1.82) is 0 Å². The van der Waals surface area contributed by atoms with Crippen molar-refractivity contribution in [2.24, 2.45) is 5.92 Å². The summed E-state index contributed by atoms with van der Waals surface area (Å²) in [4.78, 5) is 23.3. The van der Waals surface area contributed by atoms with E-state index in [1.807, 2.05) is 60.7 Å². The quantitative estimate of drug-likeness (QED) is 0.124. The van der Waals surface area contributed by atoms with Crippen molar-refractivity contribution in [2.45, 2.75) is 89.2 Å². The number of cyclic esters (lactones) is 1. The van der Waals surface area contributed by atoms with Crippen molar-refractivity contribution in [3.8, 4) is 0 Å². The van der Waals surface area contributed by atoms with Crippen molar-refractivity contribution >= 4 is 13.9 Å². The highest BCUT2D eigenvalue weighted by atomic mass is 31.2. The van der Waals surface area contributed by atoms with E-state index in [0.717, 1.165) is 36.8 Å². The van der Waals surface area contributed by atoms with Crippen molar-refractivity contribution < 1.29 is 28.0 Å². The molecule has 0 bridgehead atoms. The number of hydrogen-bond donors (Lipinski definition) is 2. The van der Waals surface area contributed by atoms with E-state index in [2.05, 4.69) is 30.4 Å². The predicted octanol–water partition coefficient (Wildman–Crippen LogP) is 8.29. The number of nitrogens with one attached hydrogen (secondary N) is 1. The van der Waals surface area contributed by atoms with Crippen LogP contribution in [0.3, 0.4) is 0 Å². The largest absolute Gasteiger partial charge is 0.472 e. The van der Waals surface area contributed by atoms with Crippen LogP contribution in [0.4, 0.5) is 4.79 Å². The predicted molar refractivity (Wildman–Crippen MR) is 172 cm³/mol. The number of fused-ring (bicyclic) bond motifs is 1. The Morgan fingerprint density at radius 1 is 0.955 bits per heavy atom. The van der Waals surface area contributed by atoms with Crippen LogP contribution < -0.4 is 5.32 Å². The highest BCUT2D eigenvalue weighted by Crippen LogP contribution is 2.50. The number of phosphoric ester groups is 1. The van der Waals surface area contributed by atoms with Gasteiger partial charge in [0.15, 0.2) is 0 Å². The van der Waals surface area contributed by atoms with Gasteiger partial charge in [-0.25, -0.2) is 9.36 Å². The van der Waals surface area contributed by atoms with E-state index in [9.17, 15) is 14.3 Å². The highest BCUT2D eigenvalue weighted by Gasteiger charge is 2.49. The lowest BCUT2D eigenvalue weighted by molar-refractivity contribution is 0.0573. The maximum Gasteiger partial charge on any atom is 0.472 e. The average molecular weight is 620 g/mol. The summed E-state index contributed by atoms with van der Waals surface area (Å²) in [6, 6.07) is 25.9. The molecule has 0 aromatic heterocycles. The molecule has 1 aliphatic heterocycles. The van der Waals surface area contributed by atoms with E-state index < -0.39 is 25.6 Å². The summed E-state index contributed by atoms with van der Waals surface area (Å²) in [5.41, 5.74) is 4.83. The number of phosphoric acid groups is 1. The lowest BCUT2D eigenvalue weighted by Crippen LogP contribution is -2.55. The number of amides is 1. The molecule has 4 unspecified atom stereocenters. The second kappa shape index (κ2) is 15.4. The summed E-state index contributed by atoms with van der Waals surface area (Å²) >= 11 is 0. The fraction of sp³-hybridized carbons (Fsp3) is 0.472. The standard InChI is InChI=1S/C36H46NO6P/c1-2-3-4-5-6-9-16-29-19-20-32-25-33(22-21-31(32)23-29)36(26-41-35(38)37-36)27-42-44(39,40)43-34(30-17-12-8-13-18-30)24-28-14-10-7-11-15-28/h7-8,10-15,17-20,23,33-34H,2-6,9,16,21-22,24-27H2,1H3,(H,37,38)(H,39,40). The van der Waals surface area contributed by atoms with Gasteiger partial charge < -0.3 is 14.9 Å². The second-order valence-corrected chi connectivity index (χ2v) is 13.8. The first-order valence-electron chi connectivity index (χ1n) is 16.2. The van der Waals surface area contributed by atoms with Gasteiger partial charge in [-0.2, -0.15) is 0 Å².